The molecular formula is C22H50N4O. The number of hydrogen-bond acceptors (Lipinski definition) is 5. The van der Waals surface area contributed by atoms with Crippen molar-refractivity contribution < 1.29 is 4.74 Å². The minimum Gasteiger partial charge on any atom is -0.336 e. The number of nitrogens with zero attached hydrogens (tertiary/aromatic N) is 4. The number of hydrogen-bond donors (Lipinski definition) is 0. The van der Waals surface area contributed by atoms with Crippen LogP contribution in [-0.4, -0.2) is 97.5 Å². The Morgan fingerprint density at radius 2 is 0.852 bits per heavy atom. The highest BCUT2D eigenvalue weighted by Crippen LogP contribution is 2.38. The van der Waals surface area contributed by atoms with Crippen LogP contribution in [-0.2, 0) is 4.74 Å². The van der Waals surface area contributed by atoms with Crippen molar-refractivity contribution in [3.63, 3.8) is 0 Å². The van der Waals surface area contributed by atoms with E-state index in [1.807, 2.05) is 0 Å². The monoisotopic (exact) mass is 386 g/mol. The van der Waals surface area contributed by atoms with Crippen molar-refractivity contribution >= 4 is 0 Å². The highest BCUT2D eigenvalue weighted by atomic mass is 16.6. The normalized spacial score (nSPS) is 19.6. The van der Waals surface area contributed by atoms with Gasteiger partial charge in [-0.1, -0.05) is 41.5 Å². The minimum absolute atomic E-state index is 0.294. The van der Waals surface area contributed by atoms with E-state index < -0.39 is 0 Å². The minimum atomic E-state index is -0.353. The summed E-state index contributed by atoms with van der Waals surface area (Å²) < 4.78 is 7.31. The summed E-state index contributed by atoms with van der Waals surface area (Å²) in [5.74, 6) is 0. The summed E-state index contributed by atoms with van der Waals surface area (Å²) in [6.07, 6.45) is 1.89. The maximum Gasteiger partial charge on any atom is 0.138 e. The number of ether oxygens (including phenoxy) is 1. The molecule has 0 radical (unpaired) electrons. The van der Waals surface area contributed by atoms with Crippen molar-refractivity contribution in [1.82, 2.24) is 19.6 Å². The molecule has 4 unspecified atom stereocenters. The third kappa shape index (κ3) is 5.45. The molecule has 0 aromatic heterocycles. The summed E-state index contributed by atoms with van der Waals surface area (Å²) >= 11 is 0. The van der Waals surface area contributed by atoms with Crippen molar-refractivity contribution in [1.29, 1.82) is 0 Å². The predicted molar refractivity (Wildman–Crippen MR) is 119 cm³/mol. The molecule has 4 atom stereocenters. The van der Waals surface area contributed by atoms with Crippen LogP contribution in [0.3, 0.4) is 0 Å². The van der Waals surface area contributed by atoms with Crippen molar-refractivity contribution in [2.24, 2.45) is 0 Å². The topological polar surface area (TPSA) is 22.2 Å². The van der Waals surface area contributed by atoms with Crippen LogP contribution in [0.15, 0.2) is 0 Å². The van der Waals surface area contributed by atoms with Gasteiger partial charge in [0, 0.05) is 12.1 Å². The fraction of sp³-hybridized carbons (Fsp3) is 1.00. The SMILES string of the molecule is CCN(CC)C(C)C(CC)(OC(CC)(C(C)N(CC)CC)N(C)C)N(C)C. The van der Waals surface area contributed by atoms with Crippen molar-refractivity contribution in [3.8, 4) is 0 Å². The Bertz CT molecular complexity index is 360. The molecule has 0 heterocycles. The zero-order chi connectivity index (χ0) is 21.4. The van der Waals surface area contributed by atoms with Gasteiger partial charge in [0.15, 0.2) is 0 Å². The van der Waals surface area contributed by atoms with E-state index in [-0.39, 0.29) is 11.4 Å². The Morgan fingerprint density at radius 3 is 1.00 bits per heavy atom. The summed E-state index contributed by atoms with van der Waals surface area (Å²) in [5, 5.41) is 0. The first-order valence-corrected chi connectivity index (χ1v) is 11.1. The lowest BCUT2D eigenvalue weighted by Gasteiger charge is -2.56. The van der Waals surface area contributed by atoms with E-state index in [1.54, 1.807) is 0 Å². The average Bonchev–Trinajstić information content (AvgIpc) is 2.64. The molecule has 0 aliphatic rings. The van der Waals surface area contributed by atoms with Gasteiger partial charge in [-0.3, -0.25) is 19.6 Å². The van der Waals surface area contributed by atoms with E-state index in [0.29, 0.717) is 12.1 Å². The third-order valence-corrected chi connectivity index (χ3v) is 6.91. The van der Waals surface area contributed by atoms with E-state index in [1.165, 1.54) is 0 Å². The Labute approximate surface area is 171 Å². The summed E-state index contributed by atoms with van der Waals surface area (Å²) in [4.78, 5) is 9.64. The van der Waals surface area contributed by atoms with Gasteiger partial charge >= 0.3 is 0 Å². The molecule has 0 aromatic rings. The predicted octanol–water partition coefficient (Wildman–Crippen LogP) is 3.80. The van der Waals surface area contributed by atoms with Crippen molar-refractivity contribution in [2.75, 3.05) is 54.4 Å². The van der Waals surface area contributed by atoms with Crippen LogP contribution in [0.5, 0.6) is 0 Å². The number of likely N-dealkylation sites (N-methyl/N-ethyl adjacent to an activating group) is 4. The Hall–Kier alpha value is -0.200. The van der Waals surface area contributed by atoms with E-state index >= 15 is 0 Å². The summed E-state index contributed by atoms with van der Waals surface area (Å²) in [6, 6.07) is 0.588. The molecule has 0 rings (SSSR count). The molecule has 0 bridgehead atoms. The smallest absolute Gasteiger partial charge is 0.138 e. The van der Waals surface area contributed by atoms with Gasteiger partial charge in [-0.2, -0.15) is 0 Å². The second kappa shape index (κ2) is 11.7. The van der Waals surface area contributed by atoms with E-state index in [9.17, 15) is 0 Å². The maximum absolute atomic E-state index is 7.31. The van der Waals surface area contributed by atoms with Crippen LogP contribution < -0.4 is 0 Å². The van der Waals surface area contributed by atoms with E-state index in [4.69, 9.17) is 4.74 Å². The first-order valence-electron chi connectivity index (χ1n) is 11.1. The summed E-state index contributed by atoms with van der Waals surface area (Å²) in [6.45, 7) is 22.3. The Balaban J connectivity index is 6.31. The maximum atomic E-state index is 7.31. The first kappa shape index (κ1) is 26.8. The average molecular weight is 387 g/mol. The molecule has 0 aromatic carbocycles. The quantitative estimate of drug-likeness (QED) is 0.422. The first-order chi connectivity index (χ1) is 12.6. The lowest BCUT2D eigenvalue weighted by Crippen LogP contribution is -2.69. The van der Waals surface area contributed by atoms with Crippen molar-refractivity contribution in [2.45, 2.75) is 91.8 Å². The van der Waals surface area contributed by atoms with Gasteiger partial charge in [0.2, 0.25) is 0 Å². The molecule has 0 saturated carbocycles. The molecule has 5 heteroatoms. The standard InChI is InChI=1S/C22H50N4O/c1-13-21(23(9)10,19(7)25(15-3)16-4)27-22(14-2,24(11)12)20(8)26(17-5)18-6/h19-20H,13-18H2,1-12H3. The number of rotatable bonds is 14. The van der Waals surface area contributed by atoms with Crippen LogP contribution in [0.2, 0.25) is 0 Å². The van der Waals surface area contributed by atoms with Gasteiger partial charge in [-0.15, -0.1) is 0 Å². The molecule has 0 saturated heterocycles. The van der Waals surface area contributed by atoms with Crippen LogP contribution in [0, 0.1) is 0 Å². The second-order valence-corrected chi connectivity index (χ2v) is 8.08. The zero-order valence-corrected chi connectivity index (χ0v) is 20.6. The van der Waals surface area contributed by atoms with Crippen molar-refractivity contribution in [3.05, 3.63) is 0 Å². The van der Waals surface area contributed by atoms with Crippen LogP contribution in [0.25, 0.3) is 0 Å². The second-order valence-electron chi connectivity index (χ2n) is 8.08. The molecule has 0 aliphatic carbocycles. The summed E-state index contributed by atoms with van der Waals surface area (Å²) in [7, 11) is 8.67. The van der Waals surface area contributed by atoms with Gasteiger partial charge in [-0.05, 0) is 81.1 Å². The molecule has 0 amide bonds. The lowest BCUT2D eigenvalue weighted by atomic mass is 9.93. The van der Waals surface area contributed by atoms with Gasteiger partial charge in [-0.25, -0.2) is 0 Å². The van der Waals surface area contributed by atoms with E-state index in [0.717, 1.165) is 39.0 Å². The van der Waals surface area contributed by atoms with Gasteiger partial charge in [0.25, 0.3) is 0 Å². The lowest BCUT2D eigenvalue weighted by molar-refractivity contribution is -0.301. The van der Waals surface area contributed by atoms with Gasteiger partial charge < -0.3 is 4.74 Å². The van der Waals surface area contributed by atoms with E-state index in [2.05, 4.69) is 103 Å². The highest BCUT2D eigenvalue weighted by molar-refractivity contribution is 4.97. The molecule has 0 spiro atoms. The highest BCUT2D eigenvalue weighted by Gasteiger charge is 2.51. The molecule has 0 fully saturated rings. The van der Waals surface area contributed by atoms with Crippen LogP contribution >= 0.6 is 0 Å². The molecular weight excluding hydrogens is 336 g/mol. The van der Waals surface area contributed by atoms with Crippen LogP contribution in [0.1, 0.15) is 68.2 Å². The largest absolute Gasteiger partial charge is 0.336 e. The molecule has 0 aliphatic heterocycles. The zero-order valence-electron chi connectivity index (χ0n) is 20.6. The Kier molecular flexibility index (Phi) is 11.6. The molecule has 27 heavy (non-hydrogen) atoms. The Morgan fingerprint density at radius 1 is 0.593 bits per heavy atom. The van der Waals surface area contributed by atoms with Crippen LogP contribution in [0.4, 0.5) is 0 Å². The molecule has 5 nitrogen and oxygen atoms in total. The fourth-order valence-corrected chi connectivity index (χ4v) is 4.89. The third-order valence-electron chi connectivity index (χ3n) is 6.91. The molecule has 164 valence electrons. The fourth-order valence-electron chi connectivity index (χ4n) is 4.89. The summed E-state index contributed by atoms with van der Waals surface area (Å²) in [5.41, 5.74) is -0.707. The van der Waals surface area contributed by atoms with Gasteiger partial charge in [0.05, 0.1) is 0 Å². The van der Waals surface area contributed by atoms with Gasteiger partial charge in [0.1, 0.15) is 11.4 Å². The molecule has 0 N–H and O–H groups in total.